The van der Waals surface area contributed by atoms with Crippen LogP contribution in [0.25, 0.3) is 0 Å². The molecule has 6 nitrogen and oxygen atoms in total. The summed E-state index contributed by atoms with van der Waals surface area (Å²) >= 11 is 5.89. The minimum absolute atomic E-state index is 0.0547. The van der Waals surface area contributed by atoms with Gasteiger partial charge in [-0.2, -0.15) is 0 Å². The molecule has 0 radical (unpaired) electrons. The van der Waals surface area contributed by atoms with Crippen LogP contribution in [0.4, 0.5) is 11.4 Å². The molecule has 1 aromatic carbocycles. The molecule has 0 fully saturated rings. The van der Waals surface area contributed by atoms with Gasteiger partial charge in [0.05, 0.1) is 18.5 Å². The summed E-state index contributed by atoms with van der Waals surface area (Å²) < 4.78 is 32.1. The van der Waals surface area contributed by atoms with Crippen LogP contribution < -0.4 is 15.2 Å². The topological polar surface area (TPSA) is 94.3 Å². The van der Waals surface area contributed by atoms with Crippen molar-refractivity contribution in [1.82, 2.24) is 4.98 Å². The molecule has 1 heterocycles. The van der Waals surface area contributed by atoms with Gasteiger partial charge in [-0.1, -0.05) is 11.6 Å². The van der Waals surface area contributed by atoms with E-state index < -0.39 is 10.0 Å². The number of methoxy groups -OCH3 is 1. The van der Waals surface area contributed by atoms with E-state index in [1.165, 1.54) is 25.3 Å². The third kappa shape index (κ3) is 3.37. The van der Waals surface area contributed by atoms with Gasteiger partial charge in [-0.15, -0.1) is 0 Å². The van der Waals surface area contributed by atoms with Crippen LogP contribution in [0, 0.1) is 6.92 Å². The second-order valence-corrected chi connectivity index (χ2v) is 6.37. The second kappa shape index (κ2) is 5.79. The predicted octanol–water partition coefficient (Wildman–Crippen LogP) is 2.44. The Morgan fingerprint density at radius 3 is 2.67 bits per heavy atom. The van der Waals surface area contributed by atoms with Crippen LogP contribution in [0.2, 0.25) is 5.15 Å². The molecule has 0 spiro atoms. The first-order valence-corrected chi connectivity index (χ1v) is 7.78. The summed E-state index contributed by atoms with van der Waals surface area (Å²) in [5.41, 5.74) is 6.82. The van der Waals surface area contributed by atoms with Crippen molar-refractivity contribution in [2.24, 2.45) is 0 Å². The second-order valence-electron chi connectivity index (χ2n) is 4.36. The Hall–Kier alpha value is -1.99. The Labute approximate surface area is 128 Å². The maximum Gasteiger partial charge on any atom is 0.264 e. The minimum Gasteiger partial charge on any atom is -0.497 e. The quantitative estimate of drug-likeness (QED) is 0.664. The number of nitrogens with zero attached hydrogens (tertiary/aromatic N) is 1. The number of nitrogens with one attached hydrogen (secondary N) is 1. The average Bonchev–Trinajstić information content (AvgIpc) is 2.42. The lowest BCUT2D eigenvalue weighted by atomic mass is 10.3. The number of nitrogens with two attached hydrogens (primary N) is 1. The van der Waals surface area contributed by atoms with Crippen molar-refractivity contribution in [2.45, 2.75) is 11.8 Å². The lowest BCUT2D eigenvalue weighted by molar-refractivity contribution is 0.414. The number of sulfonamides is 1. The van der Waals surface area contributed by atoms with Crippen molar-refractivity contribution >= 4 is 33.0 Å². The van der Waals surface area contributed by atoms with Crippen LogP contribution in [0.15, 0.2) is 35.4 Å². The fraction of sp³-hybridized carbons (Fsp3) is 0.154. The molecule has 0 atom stereocenters. The number of anilines is 2. The third-order valence-corrected chi connectivity index (χ3v) is 4.47. The van der Waals surface area contributed by atoms with Gasteiger partial charge in [-0.05, 0) is 30.7 Å². The number of aromatic nitrogens is 1. The number of nitrogen functional groups attached to an aromatic ring is 1. The summed E-state index contributed by atoms with van der Waals surface area (Å²) in [6.45, 7) is 1.78. The van der Waals surface area contributed by atoms with Crippen molar-refractivity contribution in [3.8, 4) is 5.75 Å². The number of pyridine rings is 1. The Morgan fingerprint density at radius 1 is 1.33 bits per heavy atom. The summed E-state index contributed by atoms with van der Waals surface area (Å²) in [4.78, 5) is 3.84. The van der Waals surface area contributed by atoms with Gasteiger partial charge in [0.1, 0.15) is 10.6 Å². The van der Waals surface area contributed by atoms with E-state index in [0.717, 1.165) is 5.56 Å². The Bertz CT molecular complexity index is 778. The van der Waals surface area contributed by atoms with E-state index >= 15 is 0 Å². The van der Waals surface area contributed by atoms with E-state index in [1.54, 1.807) is 19.2 Å². The molecule has 2 rings (SSSR count). The lowest BCUT2D eigenvalue weighted by Gasteiger charge is -2.12. The zero-order chi connectivity index (χ0) is 15.6. The summed E-state index contributed by atoms with van der Waals surface area (Å²) in [7, 11) is -2.39. The largest absolute Gasteiger partial charge is 0.497 e. The van der Waals surface area contributed by atoms with Crippen molar-refractivity contribution in [1.29, 1.82) is 0 Å². The van der Waals surface area contributed by atoms with Gasteiger partial charge in [-0.25, -0.2) is 13.4 Å². The molecule has 2 aromatic rings. The minimum atomic E-state index is -3.86. The van der Waals surface area contributed by atoms with Gasteiger partial charge >= 0.3 is 0 Å². The fourth-order valence-corrected chi connectivity index (χ4v) is 3.10. The molecular formula is C13H14ClN3O3S. The van der Waals surface area contributed by atoms with Crippen molar-refractivity contribution < 1.29 is 13.2 Å². The molecule has 21 heavy (non-hydrogen) atoms. The first-order valence-electron chi connectivity index (χ1n) is 5.92. The van der Waals surface area contributed by atoms with Gasteiger partial charge in [0.25, 0.3) is 10.0 Å². The van der Waals surface area contributed by atoms with Crippen LogP contribution in [0.3, 0.4) is 0 Å². The Morgan fingerprint density at radius 2 is 2.05 bits per heavy atom. The highest BCUT2D eigenvalue weighted by molar-refractivity contribution is 7.92. The molecule has 8 heteroatoms. The highest BCUT2D eigenvalue weighted by Crippen LogP contribution is 2.28. The number of benzene rings is 1. The Kier molecular flexibility index (Phi) is 4.24. The lowest BCUT2D eigenvalue weighted by Crippen LogP contribution is -2.15. The number of rotatable bonds is 4. The van der Waals surface area contributed by atoms with Crippen LogP contribution >= 0.6 is 11.6 Å². The van der Waals surface area contributed by atoms with Crippen LogP contribution in [0.5, 0.6) is 5.75 Å². The number of hydrogen-bond donors (Lipinski definition) is 2. The number of aryl methyl sites for hydroxylation is 1. The molecular weight excluding hydrogens is 314 g/mol. The third-order valence-electron chi connectivity index (χ3n) is 2.73. The normalized spacial score (nSPS) is 11.2. The van der Waals surface area contributed by atoms with Gasteiger partial charge < -0.3 is 10.5 Å². The number of hydrogen-bond acceptors (Lipinski definition) is 5. The smallest absolute Gasteiger partial charge is 0.264 e. The molecule has 0 amide bonds. The summed E-state index contributed by atoms with van der Waals surface area (Å²) in [5.74, 6) is 0.474. The van der Waals surface area contributed by atoms with Gasteiger partial charge in [-0.3, -0.25) is 4.72 Å². The molecule has 0 unspecified atom stereocenters. The number of ether oxygens (including phenoxy) is 1. The predicted molar refractivity (Wildman–Crippen MR) is 82.2 cm³/mol. The molecule has 0 saturated heterocycles. The van der Waals surface area contributed by atoms with E-state index in [-0.39, 0.29) is 21.4 Å². The first-order chi connectivity index (χ1) is 9.83. The molecule has 0 aliphatic heterocycles. The SMILES string of the molecule is COc1ccc(S(=O)(=O)Nc2cc(C)cnc2Cl)c(N)c1. The summed E-state index contributed by atoms with van der Waals surface area (Å²) in [5, 5.41) is 0.0660. The zero-order valence-corrected chi connectivity index (χ0v) is 13.0. The van der Waals surface area contributed by atoms with E-state index in [0.29, 0.717) is 5.75 Å². The molecule has 0 aliphatic carbocycles. The van der Waals surface area contributed by atoms with E-state index in [4.69, 9.17) is 22.1 Å². The molecule has 112 valence electrons. The maximum atomic E-state index is 12.4. The van der Waals surface area contributed by atoms with Crippen molar-refractivity contribution in [2.75, 3.05) is 17.6 Å². The van der Waals surface area contributed by atoms with Crippen molar-refractivity contribution in [3.05, 3.63) is 41.2 Å². The van der Waals surface area contributed by atoms with Crippen molar-refractivity contribution in [3.63, 3.8) is 0 Å². The Balaban J connectivity index is 2.41. The maximum absolute atomic E-state index is 12.4. The van der Waals surface area contributed by atoms with Gasteiger partial charge in [0, 0.05) is 12.3 Å². The monoisotopic (exact) mass is 327 g/mol. The van der Waals surface area contributed by atoms with E-state index in [2.05, 4.69) is 9.71 Å². The highest BCUT2D eigenvalue weighted by Gasteiger charge is 2.19. The molecule has 0 bridgehead atoms. The first kappa shape index (κ1) is 15.4. The van der Waals surface area contributed by atoms with Gasteiger partial charge in [0.2, 0.25) is 0 Å². The van der Waals surface area contributed by atoms with Crippen LogP contribution in [-0.4, -0.2) is 20.5 Å². The van der Waals surface area contributed by atoms with Gasteiger partial charge in [0.15, 0.2) is 5.15 Å². The van der Waals surface area contributed by atoms with Crippen LogP contribution in [-0.2, 0) is 10.0 Å². The molecule has 0 saturated carbocycles. The standard InChI is InChI=1S/C13H14ClN3O3S/c1-8-5-11(13(14)16-7-8)17-21(18,19)12-4-3-9(20-2)6-10(12)15/h3-7,17H,15H2,1-2H3. The molecule has 3 N–H and O–H groups in total. The molecule has 1 aromatic heterocycles. The zero-order valence-electron chi connectivity index (χ0n) is 11.4. The fourth-order valence-electron chi connectivity index (χ4n) is 1.72. The summed E-state index contributed by atoms with van der Waals surface area (Å²) in [6, 6.07) is 5.91. The highest BCUT2D eigenvalue weighted by atomic mass is 35.5. The number of halogens is 1. The summed E-state index contributed by atoms with van der Waals surface area (Å²) in [6.07, 6.45) is 1.54. The van der Waals surface area contributed by atoms with Crippen LogP contribution in [0.1, 0.15) is 5.56 Å². The van der Waals surface area contributed by atoms with E-state index in [9.17, 15) is 8.42 Å². The molecule has 0 aliphatic rings. The van der Waals surface area contributed by atoms with E-state index in [1.807, 2.05) is 0 Å². The average molecular weight is 328 g/mol.